The number of nitrogens with zero attached hydrogens (tertiary/aromatic N) is 3. The Morgan fingerprint density at radius 1 is 1.47 bits per heavy atom. The van der Waals surface area contributed by atoms with Crippen molar-refractivity contribution in [1.29, 1.82) is 0 Å². The van der Waals surface area contributed by atoms with Gasteiger partial charge in [-0.15, -0.1) is 0 Å². The Bertz CT molecular complexity index is 361. The summed E-state index contributed by atoms with van der Waals surface area (Å²) in [4.78, 5) is 9.14. The summed E-state index contributed by atoms with van der Waals surface area (Å²) in [6.07, 6.45) is 4.27. The number of halogens is 1. The Kier molecular flexibility index (Phi) is 4.37. The summed E-state index contributed by atoms with van der Waals surface area (Å²) in [5.41, 5.74) is 1.05. The van der Waals surface area contributed by atoms with Crippen LogP contribution in [-0.2, 0) is 6.54 Å². The second-order valence-electron chi connectivity index (χ2n) is 4.91. The van der Waals surface area contributed by atoms with Crippen LogP contribution in [0.2, 0.25) is 5.02 Å². The van der Waals surface area contributed by atoms with Crippen molar-refractivity contribution in [3.63, 3.8) is 0 Å². The van der Waals surface area contributed by atoms with Crippen molar-refractivity contribution < 1.29 is 0 Å². The van der Waals surface area contributed by atoms with Gasteiger partial charge in [0.25, 0.3) is 0 Å². The lowest BCUT2D eigenvalue weighted by atomic mass is 10.0. The lowest BCUT2D eigenvalue weighted by Crippen LogP contribution is -2.41. The van der Waals surface area contributed by atoms with E-state index in [1.807, 2.05) is 12.1 Å². The fourth-order valence-electron chi connectivity index (χ4n) is 2.36. The second-order valence-corrected chi connectivity index (χ2v) is 5.35. The van der Waals surface area contributed by atoms with Crippen LogP contribution in [0.1, 0.15) is 18.5 Å². The van der Waals surface area contributed by atoms with Gasteiger partial charge in [-0.25, -0.2) is 0 Å². The maximum Gasteiger partial charge on any atom is 0.0558 e. The minimum atomic E-state index is 0.673. The van der Waals surface area contributed by atoms with Crippen LogP contribution in [0.3, 0.4) is 0 Å². The molecule has 0 N–H and O–H groups in total. The summed E-state index contributed by atoms with van der Waals surface area (Å²) in [7, 11) is 4.37. The Hall–Kier alpha value is -0.640. The van der Waals surface area contributed by atoms with Crippen LogP contribution in [0, 0.1) is 0 Å². The summed E-state index contributed by atoms with van der Waals surface area (Å²) in [6, 6.07) is 4.44. The van der Waals surface area contributed by atoms with E-state index >= 15 is 0 Å². The maximum atomic E-state index is 5.97. The highest BCUT2D eigenvalue weighted by atomic mass is 35.5. The summed E-state index contributed by atoms with van der Waals surface area (Å²) >= 11 is 5.97. The molecular weight excluding hydrogens is 234 g/mol. The molecule has 0 atom stereocenters. The summed E-state index contributed by atoms with van der Waals surface area (Å²) in [5.74, 6) is 0. The summed E-state index contributed by atoms with van der Waals surface area (Å²) in [6.45, 7) is 3.27. The fourth-order valence-corrected chi connectivity index (χ4v) is 2.54. The van der Waals surface area contributed by atoms with Gasteiger partial charge in [-0.05, 0) is 52.2 Å². The first kappa shape index (κ1) is 12.8. The lowest BCUT2D eigenvalue weighted by Gasteiger charge is -2.34. The summed E-state index contributed by atoms with van der Waals surface area (Å²) in [5, 5.41) is 0.770. The van der Waals surface area contributed by atoms with Crippen molar-refractivity contribution in [2.24, 2.45) is 0 Å². The fraction of sp³-hybridized carbons (Fsp3) is 0.615. The number of hydrogen-bond donors (Lipinski definition) is 0. The van der Waals surface area contributed by atoms with Crippen LogP contribution < -0.4 is 0 Å². The monoisotopic (exact) mass is 253 g/mol. The summed E-state index contributed by atoms with van der Waals surface area (Å²) < 4.78 is 0. The van der Waals surface area contributed by atoms with Crippen LogP contribution in [-0.4, -0.2) is 48.0 Å². The third-order valence-electron chi connectivity index (χ3n) is 3.50. The largest absolute Gasteiger partial charge is 0.306 e. The number of aromatic nitrogens is 1. The molecule has 0 aliphatic carbocycles. The standard InChI is InChI=1S/C13H20ClN3/c1-16-7-4-13(5-8-16)17(2)10-12-9-11(14)3-6-15-12/h3,6,9,13H,4-5,7-8,10H2,1-2H3. The number of rotatable bonds is 3. The minimum Gasteiger partial charge on any atom is -0.306 e. The Labute approximate surface area is 108 Å². The number of pyridine rings is 1. The van der Waals surface area contributed by atoms with Crippen LogP contribution in [0.5, 0.6) is 0 Å². The van der Waals surface area contributed by atoms with Crippen LogP contribution in [0.25, 0.3) is 0 Å². The average molecular weight is 254 g/mol. The molecule has 1 aromatic heterocycles. The highest BCUT2D eigenvalue weighted by Gasteiger charge is 2.20. The third kappa shape index (κ3) is 3.66. The topological polar surface area (TPSA) is 19.4 Å². The van der Waals surface area contributed by atoms with Crippen molar-refractivity contribution in [2.45, 2.75) is 25.4 Å². The molecule has 0 radical (unpaired) electrons. The predicted molar refractivity (Wildman–Crippen MR) is 71.2 cm³/mol. The Morgan fingerprint density at radius 3 is 2.82 bits per heavy atom. The van der Waals surface area contributed by atoms with Crippen molar-refractivity contribution >= 4 is 11.6 Å². The highest BCUT2D eigenvalue weighted by molar-refractivity contribution is 6.30. The van der Waals surface area contributed by atoms with Gasteiger partial charge in [0.2, 0.25) is 0 Å². The highest BCUT2D eigenvalue weighted by Crippen LogP contribution is 2.17. The Balaban J connectivity index is 1.90. The quantitative estimate of drug-likeness (QED) is 0.824. The molecule has 1 aliphatic heterocycles. The van der Waals surface area contributed by atoms with Gasteiger partial charge in [0, 0.05) is 23.8 Å². The molecule has 1 fully saturated rings. The smallest absolute Gasteiger partial charge is 0.0558 e. The van der Waals surface area contributed by atoms with Gasteiger partial charge in [0.1, 0.15) is 0 Å². The zero-order valence-electron chi connectivity index (χ0n) is 10.6. The predicted octanol–water partition coefficient (Wildman–Crippen LogP) is 2.26. The van der Waals surface area contributed by atoms with Gasteiger partial charge in [0.15, 0.2) is 0 Å². The molecule has 17 heavy (non-hydrogen) atoms. The molecule has 0 spiro atoms. The lowest BCUT2D eigenvalue weighted by molar-refractivity contribution is 0.138. The third-order valence-corrected chi connectivity index (χ3v) is 3.74. The number of piperidine rings is 1. The van der Waals surface area contributed by atoms with Crippen molar-refractivity contribution in [2.75, 3.05) is 27.2 Å². The molecule has 1 saturated heterocycles. The molecule has 0 unspecified atom stereocenters. The molecule has 1 aromatic rings. The molecule has 4 heteroatoms. The van der Waals surface area contributed by atoms with Crippen LogP contribution in [0.4, 0.5) is 0 Å². The molecular formula is C13H20ClN3. The van der Waals surface area contributed by atoms with Crippen LogP contribution >= 0.6 is 11.6 Å². The van der Waals surface area contributed by atoms with Crippen molar-refractivity contribution in [3.8, 4) is 0 Å². The van der Waals surface area contributed by atoms with Gasteiger partial charge in [-0.2, -0.15) is 0 Å². The van der Waals surface area contributed by atoms with E-state index in [4.69, 9.17) is 11.6 Å². The van der Waals surface area contributed by atoms with Gasteiger partial charge in [-0.3, -0.25) is 9.88 Å². The SMILES string of the molecule is CN1CCC(N(C)Cc2cc(Cl)ccn2)CC1. The van der Waals surface area contributed by atoms with E-state index in [2.05, 4.69) is 28.9 Å². The Morgan fingerprint density at radius 2 is 2.18 bits per heavy atom. The molecule has 0 amide bonds. The molecule has 0 aromatic carbocycles. The number of hydrogen-bond acceptors (Lipinski definition) is 3. The van der Waals surface area contributed by atoms with Crippen molar-refractivity contribution in [1.82, 2.24) is 14.8 Å². The van der Waals surface area contributed by atoms with Crippen molar-refractivity contribution in [3.05, 3.63) is 29.0 Å². The van der Waals surface area contributed by atoms with Crippen LogP contribution in [0.15, 0.2) is 18.3 Å². The molecule has 3 nitrogen and oxygen atoms in total. The zero-order chi connectivity index (χ0) is 12.3. The normalized spacial score (nSPS) is 18.8. The first-order valence-electron chi connectivity index (χ1n) is 6.14. The molecule has 1 aliphatic rings. The zero-order valence-corrected chi connectivity index (χ0v) is 11.3. The van der Waals surface area contributed by atoms with Gasteiger partial charge in [-0.1, -0.05) is 11.6 Å². The minimum absolute atomic E-state index is 0.673. The number of likely N-dealkylation sites (tertiary alicyclic amines) is 1. The van der Waals surface area contributed by atoms with E-state index in [1.165, 1.54) is 25.9 Å². The molecule has 0 saturated carbocycles. The average Bonchev–Trinajstić information content (AvgIpc) is 2.29. The molecule has 94 valence electrons. The van der Waals surface area contributed by atoms with Gasteiger partial charge in [0.05, 0.1) is 5.69 Å². The first-order chi connectivity index (χ1) is 8.15. The molecule has 0 bridgehead atoms. The van der Waals surface area contributed by atoms with E-state index in [0.717, 1.165) is 17.3 Å². The van der Waals surface area contributed by atoms with Gasteiger partial charge < -0.3 is 4.90 Å². The van der Waals surface area contributed by atoms with Gasteiger partial charge >= 0.3 is 0 Å². The van der Waals surface area contributed by atoms with E-state index in [0.29, 0.717) is 6.04 Å². The maximum absolute atomic E-state index is 5.97. The first-order valence-corrected chi connectivity index (χ1v) is 6.52. The molecule has 2 rings (SSSR count). The second kappa shape index (κ2) is 5.80. The van der Waals surface area contributed by atoms with E-state index in [1.54, 1.807) is 6.20 Å². The van der Waals surface area contributed by atoms with E-state index in [9.17, 15) is 0 Å². The molecule has 2 heterocycles. The van der Waals surface area contributed by atoms with E-state index < -0.39 is 0 Å². The van der Waals surface area contributed by atoms with E-state index in [-0.39, 0.29) is 0 Å².